The maximum absolute atomic E-state index is 11.9. The van der Waals surface area contributed by atoms with Crippen LogP contribution in [0.5, 0.6) is 23.0 Å². The van der Waals surface area contributed by atoms with Gasteiger partial charge < -0.3 is 19.7 Å². The first kappa shape index (κ1) is 14.3. The van der Waals surface area contributed by atoms with Crippen LogP contribution in [-0.2, 0) is 4.79 Å². The lowest BCUT2D eigenvalue weighted by molar-refractivity contribution is -0.135. The van der Waals surface area contributed by atoms with Gasteiger partial charge in [0.1, 0.15) is 11.5 Å². The fourth-order valence-electron chi connectivity index (χ4n) is 2.81. The molecular weight excluding hydrogens is 284 g/mol. The van der Waals surface area contributed by atoms with E-state index in [2.05, 4.69) is 0 Å². The average molecular weight is 300 g/mol. The summed E-state index contributed by atoms with van der Waals surface area (Å²) in [6, 6.07) is 8.27. The van der Waals surface area contributed by atoms with E-state index < -0.39 is 0 Å². The molecule has 0 radical (unpaired) electrons. The Bertz CT molecular complexity index is 751. The van der Waals surface area contributed by atoms with Crippen LogP contribution in [0.4, 0.5) is 0 Å². The van der Waals surface area contributed by atoms with Crippen LogP contribution in [0.1, 0.15) is 29.0 Å². The molecule has 0 aromatic heterocycles. The van der Waals surface area contributed by atoms with E-state index in [4.69, 9.17) is 9.47 Å². The molecule has 0 spiro atoms. The van der Waals surface area contributed by atoms with E-state index in [0.717, 1.165) is 11.1 Å². The third-order valence-electron chi connectivity index (χ3n) is 3.81. The van der Waals surface area contributed by atoms with Crippen molar-refractivity contribution in [2.24, 2.45) is 0 Å². The number of carbonyl (C=O) groups excluding carboxylic acids is 1. The summed E-state index contributed by atoms with van der Waals surface area (Å²) in [5.74, 6) is 0.133. The molecule has 0 amide bonds. The van der Waals surface area contributed by atoms with E-state index in [1.807, 2.05) is 6.92 Å². The minimum absolute atomic E-state index is 0.0259. The van der Waals surface area contributed by atoms with Crippen molar-refractivity contribution in [1.29, 1.82) is 0 Å². The molecule has 3 rings (SSSR count). The van der Waals surface area contributed by atoms with Gasteiger partial charge in [-0.15, -0.1) is 0 Å². The summed E-state index contributed by atoms with van der Waals surface area (Å²) in [4.78, 5) is 11.9. The van der Waals surface area contributed by atoms with E-state index in [9.17, 15) is 15.0 Å². The lowest BCUT2D eigenvalue weighted by Crippen LogP contribution is -2.21. The number of aryl methyl sites for hydroxylation is 1. The van der Waals surface area contributed by atoms with Gasteiger partial charge in [-0.25, -0.2) is 0 Å². The summed E-state index contributed by atoms with van der Waals surface area (Å²) in [7, 11) is 1.46. The zero-order valence-electron chi connectivity index (χ0n) is 12.3. The second-order valence-corrected chi connectivity index (χ2v) is 5.36. The Labute approximate surface area is 127 Å². The molecule has 1 atom stereocenters. The minimum Gasteiger partial charge on any atom is -0.507 e. The second-order valence-electron chi connectivity index (χ2n) is 5.36. The van der Waals surface area contributed by atoms with Crippen molar-refractivity contribution in [2.45, 2.75) is 19.3 Å². The van der Waals surface area contributed by atoms with Gasteiger partial charge in [0.05, 0.1) is 13.5 Å². The van der Waals surface area contributed by atoms with Crippen molar-refractivity contribution < 1.29 is 24.5 Å². The minimum atomic E-state index is -0.352. The Morgan fingerprint density at radius 3 is 2.68 bits per heavy atom. The number of carbonyl (C=O) groups is 1. The van der Waals surface area contributed by atoms with Gasteiger partial charge in [0.15, 0.2) is 11.5 Å². The molecule has 0 aliphatic carbocycles. The molecule has 0 fully saturated rings. The van der Waals surface area contributed by atoms with Crippen LogP contribution >= 0.6 is 0 Å². The molecule has 0 bridgehead atoms. The third-order valence-corrected chi connectivity index (χ3v) is 3.81. The van der Waals surface area contributed by atoms with Gasteiger partial charge in [0, 0.05) is 11.5 Å². The molecule has 5 heteroatoms. The number of rotatable bonds is 2. The fraction of sp³-hybridized carbons (Fsp3) is 0.235. The summed E-state index contributed by atoms with van der Waals surface area (Å²) in [6.07, 6.45) is 0.123. The molecule has 0 unspecified atom stereocenters. The molecule has 2 aromatic rings. The normalized spacial score (nSPS) is 16.8. The summed E-state index contributed by atoms with van der Waals surface area (Å²) in [5.41, 5.74) is 2.16. The maximum atomic E-state index is 11.9. The number of ether oxygens (including phenoxy) is 2. The third kappa shape index (κ3) is 2.35. The highest BCUT2D eigenvalue weighted by Crippen LogP contribution is 2.45. The Kier molecular flexibility index (Phi) is 3.41. The highest BCUT2D eigenvalue weighted by molar-refractivity contribution is 5.79. The van der Waals surface area contributed by atoms with Crippen LogP contribution in [0, 0.1) is 6.92 Å². The van der Waals surface area contributed by atoms with Crippen LogP contribution in [0.25, 0.3) is 0 Å². The number of phenolic OH excluding ortho intramolecular Hbond substituents is 2. The van der Waals surface area contributed by atoms with Crippen LogP contribution < -0.4 is 9.47 Å². The molecule has 1 heterocycles. The largest absolute Gasteiger partial charge is 0.507 e. The Balaban J connectivity index is 2.15. The number of aromatic hydroxyl groups is 2. The topological polar surface area (TPSA) is 76.0 Å². The predicted octanol–water partition coefficient (Wildman–Crippen LogP) is 2.86. The van der Waals surface area contributed by atoms with Crippen molar-refractivity contribution in [2.75, 3.05) is 7.11 Å². The lowest BCUT2D eigenvalue weighted by atomic mass is 9.85. The first-order chi connectivity index (χ1) is 10.5. The van der Waals surface area contributed by atoms with E-state index >= 15 is 0 Å². The zero-order valence-corrected chi connectivity index (χ0v) is 12.3. The van der Waals surface area contributed by atoms with Crippen molar-refractivity contribution in [3.63, 3.8) is 0 Å². The quantitative estimate of drug-likeness (QED) is 0.659. The predicted molar refractivity (Wildman–Crippen MR) is 79.6 cm³/mol. The zero-order chi connectivity index (χ0) is 15.9. The molecule has 1 aliphatic rings. The summed E-state index contributed by atoms with van der Waals surface area (Å²) >= 11 is 0. The number of fused-ring (bicyclic) bond motifs is 1. The number of esters is 1. The molecule has 114 valence electrons. The molecule has 5 nitrogen and oxygen atoms in total. The molecular formula is C17H16O5. The molecule has 1 aliphatic heterocycles. The van der Waals surface area contributed by atoms with Gasteiger partial charge in [0.2, 0.25) is 0 Å². The van der Waals surface area contributed by atoms with Crippen molar-refractivity contribution in [3.05, 3.63) is 47.0 Å². The number of phenols is 2. The highest BCUT2D eigenvalue weighted by Gasteiger charge is 2.31. The van der Waals surface area contributed by atoms with Gasteiger partial charge in [-0.05, 0) is 42.3 Å². The summed E-state index contributed by atoms with van der Waals surface area (Å²) in [5, 5.41) is 20.0. The monoisotopic (exact) mass is 300 g/mol. The van der Waals surface area contributed by atoms with Gasteiger partial charge in [-0.1, -0.05) is 6.07 Å². The van der Waals surface area contributed by atoms with Gasteiger partial charge >= 0.3 is 5.97 Å². The molecule has 0 saturated heterocycles. The maximum Gasteiger partial charge on any atom is 0.312 e. The Morgan fingerprint density at radius 1 is 1.18 bits per heavy atom. The van der Waals surface area contributed by atoms with E-state index in [-0.39, 0.29) is 29.8 Å². The van der Waals surface area contributed by atoms with Crippen LogP contribution in [0.3, 0.4) is 0 Å². The van der Waals surface area contributed by atoms with Crippen LogP contribution in [-0.4, -0.2) is 23.3 Å². The van der Waals surface area contributed by atoms with Crippen LogP contribution in [0.15, 0.2) is 30.3 Å². The second kappa shape index (κ2) is 5.26. The first-order valence-corrected chi connectivity index (χ1v) is 6.90. The van der Waals surface area contributed by atoms with E-state index in [0.29, 0.717) is 17.1 Å². The smallest absolute Gasteiger partial charge is 0.312 e. The van der Waals surface area contributed by atoms with Gasteiger partial charge in [-0.2, -0.15) is 0 Å². The van der Waals surface area contributed by atoms with E-state index in [1.165, 1.54) is 13.2 Å². The van der Waals surface area contributed by atoms with Gasteiger partial charge in [0.25, 0.3) is 0 Å². The summed E-state index contributed by atoms with van der Waals surface area (Å²) in [6.45, 7) is 1.82. The number of hydrogen-bond acceptors (Lipinski definition) is 5. The fourth-order valence-corrected chi connectivity index (χ4v) is 2.81. The Hall–Kier alpha value is -2.69. The average Bonchev–Trinajstić information content (AvgIpc) is 2.46. The van der Waals surface area contributed by atoms with Gasteiger partial charge in [-0.3, -0.25) is 4.79 Å². The number of hydrogen-bond donors (Lipinski definition) is 2. The standard InChI is InChI=1S/C17H16O5/c1-9-5-13(19)17-11(8-16(20)22-15(17)6-9)10-3-4-12(18)14(7-10)21-2/h3-7,11,18-19H,8H2,1-2H3/t11-/m1/s1. The molecule has 22 heavy (non-hydrogen) atoms. The Morgan fingerprint density at radius 2 is 1.95 bits per heavy atom. The van der Waals surface area contributed by atoms with Crippen LogP contribution in [0.2, 0.25) is 0 Å². The number of methoxy groups -OCH3 is 1. The van der Waals surface area contributed by atoms with Crippen molar-refractivity contribution in [1.82, 2.24) is 0 Å². The first-order valence-electron chi connectivity index (χ1n) is 6.90. The lowest BCUT2D eigenvalue weighted by Gasteiger charge is -2.26. The van der Waals surface area contributed by atoms with E-state index in [1.54, 1.807) is 24.3 Å². The molecule has 2 N–H and O–H groups in total. The SMILES string of the molecule is COc1cc([C@H]2CC(=O)Oc3cc(C)cc(O)c32)ccc1O. The highest BCUT2D eigenvalue weighted by atomic mass is 16.5. The van der Waals surface area contributed by atoms with Crippen molar-refractivity contribution >= 4 is 5.97 Å². The summed E-state index contributed by atoms with van der Waals surface area (Å²) < 4.78 is 10.4. The molecule has 2 aromatic carbocycles. The molecule has 0 saturated carbocycles. The number of benzene rings is 2. The van der Waals surface area contributed by atoms with Crippen molar-refractivity contribution in [3.8, 4) is 23.0 Å².